The van der Waals surface area contributed by atoms with Gasteiger partial charge in [0.15, 0.2) is 0 Å². The van der Waals surface area contributed by atoms with E-state index in [4.69, 9.17) is 9.68 Å². The van der Waals surface area contributed by atoms with Crippen molar-refractivity contribution >= 4 is 11.8 Å². The van der Waals surface area contributed by atoms with Crippen molar-refractivity contribution in [3.8, 4) is 6.07 Å². The van der Waals surface area contributed by atoms with Crippen LogP contribution < -0.4 is 0 Å². The minimum absolute atomic E-state index is 0.0669. The summed E-state index contributed by atoms with van der Waals surface area (Å²) in [6, 6.07) is 15.6. The highest BCUT2D eigenvalue weighted by molar-refractivity contribution is 7.99. The third kappa shape index (κ3) is 3.41. The van der Waals surface area contributed by atoms with Gasteiger partial charge in [0.05, 0.1) is 11.5 Å². The summed E-state index contributed by atoms with van der Waals surface area (Å²) in [4.78, 5) is 4.19. The molecule has 3 aromatic rings. The monoisotopic (exact) mass is 322 g/mol. The average Bonchev–Trinajstić information content (AvgIpc) is 3.05. The van der Waals surface area contributed by atoms with Crippen LogP contribution in [0.5, 0.6) is 0 Å². The lowest BCUT2D eigenvalue weighted by Crippen LogP contribution is -1.99. The zero-order valence-electron chi connectivity index (χ0n) is 12.5. The smallest absolute Gasteiger partial charge is 0.283 e. The van der Waals surface area contributed by atoms with Crippen LogP contribution in [0, 0.1) is 11.3 Å². The Morgan fingerprint density at radius 3 is 2.74 bits per heavy atom. The lowest BCUT2D eigenvalue weighted by Gasteiger charge is -2.10. The molecule has 0 aliphatic carbocycles. The van der Waals surface area contributed by atoms with Crippen LogP contribution in [0.25, 0.3) is 0 Å². The molecule has 0 spiro atoms. The summed E-state index contributed by atoms with van der Waals surface area (Å²) >= 11 is 1.21. The van der Waals surface area contributed by atoms with Gasteiger partial charge in [0, 0.05) is 6.20 Å². The minimum Gasteiger partial charge on any atom is -0.415 e. The van der Waals surface area contributed by atoms with Crippen LogP contribution in [0.4, 0.5) is 0 Å². The molecule has 0 radical (unpaired) electrons. The van der Waals surface area contributed by atoms with E-state index in [1.807, 2.05) is 18.2 Å². The van der Waals surface area contributed by atoms with Crippen molar-refractivity contribution in [2.75, 3.05) is 0 Å². The zero-order chi connectivity index (χ0) is 16.1. The summed E-state index contributed by atoms with van der Waals surface area (Å²) in [5, 5.41) is 18.3. The first kappa shape index (κ1) is 15.3. The van der Waals surface area contributed by atoms with Crippen LogP contribution in [-0.4, -0.2) is 15.2 Å². The maximum absolute atomic E-state index is 9.11. The molecule has 0 amide bonds. The fourth-order valence-electron chi connectivity index (χ4n) is 2.28. The summed E-state index contributed by atoms with van der Waals surface area (Å²) in [6.45, 7) is 2.08. The number of benzene rings is 1. The van der Waals surface area contributed by atoms with Crippen LogP contribution in [0.3, 0.4) is 0 Å². The number of nitriles is 1. The van der Waals surface area contributed by atoms with Gasteiger partial charge in [0.25, 0.3) is 5.22 Å². The molecule has 2 heterocycles. The third-order valence-corrected chi connectivity index (χ3v) is 4.26. The Kier molecular flexibility index (Phi) is 4.69. The SMILES string of the molecule is CC[C@@H](c1ccccc1)c1nnc(Sc2ncccc2C#N)o1. The second-order valence-electron chi connectivity index (χ2n) is 4.85. The number of aromatic nitrogens is 3. The highest BCUT2D eigenvalue weighted by Gasteiger charge is 2.20. The predicted octanol–water partition coefficient (Wildman–Crippen LogP) is 4.03. The van der Waals surface area contributed by atoms with Crippen molar-refractivity contribution in [2.24, 2.45) is 0 Å². The lowest BCUT2D eigenvalue weighted by atomic mass is 9.97. The minimum atomic E-state index is 0.0669. The zero-order valence-corrected chi connectivity index (χ0v) is 13.3. The van der Waals surface area contributed by atoms with Crippen molar-refractivity contribution in [1.29, 1.82) is 5.26 Å². The van der Waals surface area contributed by atoms with E-state index in [-0.39, 0.29) is 5.92 Å². The van der Waals surface area contributed by atoms with Gasteiger partial charge < -0.3 is 4.42 Å². The third-order valence-electron chi connectivity index (χ3n) is 3.41. The highest BCUT2D eigenvalue weighted by atomic mass is 32.2. The fraction of sp³-hybridized carbons (Fsp3) is 0.176. The summed E-state index contributed by atoms with van der Waals surface area (Å²) in [5.41, 5.74) is 1.64. The molecule has 23 heavy (non-hydrogen) atoms. The normalized spacial score (nSPS) is 11.8. The molecule has 2 aromatic heterocycles. The van der Waals surface area contributed by atoms with E-state index in [9.17, 15) is 0 Å². The number of nitrogens with zero attached hydrogens (tertiary/aromatic N) is 4. The quantitative estimate of drug-likeness (QED) is 0.706. The molecule has 0 bridgehead atoms. The van der Waals surface area contributed by atoms with Crippen LogP contribution in [0.2, 0.25) is 0 Å². The summed E-state index contributed by atoms with van der Waals surface area (Å²) in [7, 11) is 0. The largest absolute Gasteiger partial charge is 0.415 e. The Hall–Kier alpha value is -2.65. The Labute approximate surface area is 138 Å². The fourth-order valence-corrected chi connectivity index (χ4v) is 2.99. The van der Waals surface area contributed by atoms with Gasteiger partial charge in [-0.1, -0.05) is 37.3 Å². The van der Waals surface area contributed by atoms with Gasteiger partial charge in [-0.2, -0.15) is 5.26 Å². The first-order chi connectivity index (χ1) is 11.3. The molecule has 114 valence electrons. The number of hydrogen-bond donors (Lipinski definition) is 0. The van der Waals surface area contributed by atoms with Crippen LogP contribution in [0.1, 0.15) is 36.3 Å². The molecular formula is C17H14N4OS. The first-order valence-corrected chi connectivity index (χ1v) is 8.04. The van der Waals surface area contributed by atoms with E-state index < -0.39 is 0 Å². The van der Waals surface area contributed by atoms with Gasteiger partial charge >= 0.3 is 0 Å². The van der Waals surface area contributed by atoms with Crippen molar-refractivity contribution in [1.82, 2.24) is 15.2 Å². The summed E-state index contributed by atoms with van der Waals surface area (Å²) in [6.07, 6.45) is 2.50. The first-order valence-electron chi connectivity index (χ1n) is 7.23. The van der Waals surface area contributed by atoms with E-state index in [1.54, 1.807) is 18.3 Å². The molecule has 1 atom stereocenters. The average molecular weight is 322 g/mol. The standard InChI is InChI=1S/C17H14N4OS/c1-2-14(12-7-4-3-5-8-12)15-20-21-17(22-15)23-16-13(11-18)9-6-10-19-16/h3-10,14H,2H2,1H3/t14-/m0/s1. The molecule has 0 N–H and O–H groups in total. The van der Waals surface area contributed by atoms with E-state index in [0.717, 1.165) is 12.0 Å². The Morgan fingerprint density at radius 2 is 2.00 bits per heavy atom. The maximum Gasteiger partial charge on any atom is 0.283 e. The van der Waals surface area contributed by atoms with Gasteiger partial charge in [0.2, 0.25) is 5.89 Å². The van der Waals surface area contributed by atoms with Crippen molar-refractivity contribution < 1.29 is 4.42 Å². The molecule has 0 unspecified atom stereocenters. The van der Waals surface area contributed by atoms with E-state index in [2.05, 4.69) is 40.3 Å². The molecule has 1 aromatic carbocycles. The molecule has 3 rings (SSSR count). The Balaban J connectivity index is 1.84. The topological polar surface area (TPSA) is 75.6 Å². The molecule has 0 aliphatic rings. The number of pyridine rings is 1. The molecule has 0 saturated heterocycles. The van der Waals surface area contributed by atoms with Crippen LogP contribution in [-0.2, 0) is 0 Å². The van der Waals surface area contributed by atoms with E-state index in [1.165, 1.54) is 11.8 Å². The maximum atomic E-state index is 9.11. The molecule has 6 heteroatoms. The van der Waals surface area contributed by atoms with Crippen LogP contribution >= 0.6 is 11.8 Å². The molecule has 0 fully saturated rings. The molecule has 0 aliphatic heterocycles. The van der Waals surface area contributed by atoms with Gasteiger partial charge in [-0.05, 0) is 35.9 Å². The van der Waals surface area contributed by atoms with E-state index >= 15 is 0 Å². The summed E-state index contributed by atoms with van der Waals surface area (Å²) in [5.74, 6) is 0.646. The highest BCUT2D eigenvalue weighted by Crippen LogP contribution is 2.31. The van der Waals surface area contributed by atoms with Crippen molar-refractivity contribution in [3.05, 3.63) is 65.7 Å². The predicted molar refractivity (Wildman–Crippen MR) is 85.9 cm³/mol. The van der Waals surface area contributed by atoms with Crippen molar-refractivity contribution in [3.63, 3.8) is 0 Å². The van der Waals surface area contributed by atoms with Gasteiger partial charge in [0.1, 0.15) is 11.1 Å². The summed E-state index contributed by atoms with van der Waals surface area (Å²) < 4.78 is 5.79. The lowest BCUT2D eigenvalue weighted by molar-refractivity contribution is 0.395. The Bertz CT molecular complexity index is 826. The van der Waals surface area contributed by atoms with E-state index in [0.29, 0.717) is 21.7 Å². The van der Waals surface area contributed by atoms with Gasteiger partial charge in [-0.15, -0.1) is 10.2 Å². The molecule has 5 nitrogen and oxygen atoms in total. The molecule has 0 saturated carbocycles. The second-order valence-corrected chi connectivity index (χ2v) is 5.79. The second kappa shape index (κ2) is 7.07. The van der Waals surface area contributed by atoms with Crippen LogP contribution in [0.15, 0.2) is 63.3 Å². The number of rotatable bonds is 5. The number of hydrogen-bond acceptors (Lipinski definition) is 6. The van der Waals surface area contributed by atoms with Gasteiger partial charge in [-0.25, -0.2) is 4.98 Å². The Morgan fingerprint density at radius 1 is 1.17 bits per heavy atom. The van der Waals surface area contributed by atoms with Gasteiger partial charge in [-0.3, -0.25) is 0 Å². The molecular weight excluding hydrogens is 308 g/mol. The van der Waals surface area contributed by atoms with Crippen molar-refractivity contribution in [2.45, 2.75) is 29.5 Å².